The molecule has 1 saturated heterocycles. The summed E-state index contributed by atoms with van der Waals surface area (Å²) in [6.45, 7) is 2.37. The molecule has 25 heavy (non-hydrogen) atoms. The molecule has 0 radical (unpaired) electrons. The zero-order valence-corrected chi connectivity index (χ0v) is 14.2. The van der Waals surface area contributed by atoms with Crippen LogP contribution in [0, 0.1) is 5.82 Å². The fourth-order valence-corrected chi connectivity index (χ4v) is 2.99. The van der Waals surface area contributed by atoms with Gasteiger partial charge in [0.1, 0.15) is 11.4 Å². The predicted octanol–water partition coefficient (Wildman–Crippen LogP) is 2.68. The van der Waals surface area contributed by atoms with Crippen molar-refractivity contribution in [3.8, 4) is 0 Å². The molecule has 0 bridgehead atoms. The van der Waals surface area contributed by atoms with Crippen molar-refractivity contribution in [2.75, 3.05) is 13.7 Å². The summed E-state index contributed by atoms with van der Waals surface area (Å²) in [5.41, 5.74) is 0.591. The summed E-state index contributed by atoms with van der Waals surface area (Å²) in [5, 5.41) is 2.78. The normalized spacial score (nSPS) is 20.2. The average molecular weight is 341 g/mol. The van der Waals surface area contributed by atoms with Gasteiger partial charge >= 0.3 is 6.03 Å². The van der Waals surface area contributed by atoms with E-state index >= 15 is 0 Å². The maximum atomic E-state index is 13.0. The van der Waals surface area contributed by atoms with Crippen LogP contribution in [0.3, 0.4) is 0 Å². The highest BCUT2D eigenvalue weighted by Crippen LogP contribution is 2.28. The summed E-state index contributed by atoms with van der Waals surface area (Å²) in [6.07, 6.45) is 0. The standard InChI is InChI=1S/C19H20FN3O2/c1-19(15-6-4-3-5-7-15)17(24)23(18(25)21-19)13-22(2)12-14-8-10-16(20)11-9-14/h3-11H,12-13H2,1-2H3,(H,21,25)/t19-/m0/s1. The number of urea groups is 1. The SMILES string of the molecule is CN(Cc1ccc(F)cc1)CN1C(=O)N[C@@](C)(c2ccccc2)C1=O. The second-order valence-corrected chi connectivity index (χ2v) is 6.44. The van der Waals surface area contributed by atoms with Gasteiger partial charge < -0.3 is 5.32 Å². The molecule has 5 nitrogen and oxygen atoms in total. The van der Waals surface area contributed by atoms with Gasteiger partial charge in [-0.2, -0.15) is 0 Å². The van der Waals surface area contributed by atoms with Crippen molar-refractivity contribution in [2.24, 2.45) is 0 Å². The molecule has 0 aromatic heterocycles. The van der Waals surface area contributed by atoms with E-state index in [9.17, 15) is 14.0 Å². The van der Waals surface area contributed by atoms with Crippen LogP contribution in [0.15, 0.2) is 54.6 Å². The number of imide groups is 1. The van der Waals surface area contributed by atoms with Crippen molar-refractivity contribution >= 4 is 11.9 Å². The molecule has 1 fully saturated rings. The summed E-state index contributed by atoms with van der Waals surface area (Å²) < 4.78 is 13.0. The second kappa shape index (κ2) is 6.64. The smallest absolute Gasteiger partial charge is 0.319 e. The molecule has 0 saturated carbocycles. The van der Waals surface area contributed by atoms with Crippen LogP contribution in [0.2, 0.25) is 0 Å². The van der Waals surface area contributed by atoms with Gasteiger partial charge in [-0.3, -0.25) is 9.69 Å². The number of carbonyl (C=O) groups excluding carboxylic acids is 2. The van der Waals surface area contributed by atoms with E-state index in [1.165, 1.54) is 17.0 Å². The zero-order valence-electron chi connectivity index (χ0n) is 14.2. The molecule has 0 spiro atoms. The largest absolute Gasteiger partial charge is 0.326 e. The number of halogens is 1. The molecular weight excluding hydrogens is 321 g/mol. The second-order valence-electron chi connectivity index (χ2n) is 6.44. The van der Waals surface area contributed by atoms with Crippen LogP contribution < -0.4 is 5.32 Å². The van der Waals surface area contributed by atoms with Crippen molar-refractivity contribution in [3.63, 3.8) is 0 Å². The van der Waals surface area contributed by atoms with Crippen molar-refractivity contribution in [3.05, 3.63) is 71.5 Å². The number of hydrogen-bond acceptors (Lipinski definition) is 3. The highest BCUT2D eigenvalue weighted by Gasteiger charge is 2.49. The van der Waals surface area contributed by atoms with E-state index in [-0.39, 0.29) is 18.4 Å². The Hall–Kier alpha value is -2.73. The molecule has 1 atom stereocenters. The Kier molecular flexibility index (Phi) is 4.55. The molecule has 0 unspecified atom stereocenters. The molecular formula is C19H20FN3O2. The fraction of sp³-hybridized carbons (Fsp3) is 0.263. The first-order valence-corrected chi connectivity index (χ1v) is 8.03. The van der Waals surface area contributed by atoms with E-state index < -0.39 is 11.6 Å². The molecule has 1 aliphatic rings. The van der Waals surface area contributed by atoms with Gasteiger partial charge in [-0.1, -0.05) is 42.5 Å². The molecule has 2 aromatic rings. The van der Waals surface area contributed by atoms with Gasteiger partial charge in [-0.15, -0.1) is 0 Å². The van der Waals surface area contributed by atoms with E-state index in [1.54, 1.807) is 19.1 Å². The number of rotatable bonds is 5. The van der Waals surface area contributed by atoms with Crippen molar-refractivity contribution in [1.82, 2.24) is 15.1 Å². The molecule has 130 valence electrons. The molecule has 2 aromatic carbocycles. The summed E-state index contributed by atoms with van der Waals surface area (Å²) in [5.74, 6) is -0.575. The first kappa shape index (κ1) is 17.1. The Morgan fingerprint density at radius 3 is 2.36 bits per heavy atom. The lowest BCUT2D eigenvalue weighted by Gasteiger charge is -2.24. The maximum absolute atomic E-state index is 13.0. The predicted molar refractivity (Wildman–Crippen MR) is 91.9 cm³/mol. The number of nitrogens with one attached hydrogen (secondary N) is 1. The Morgan fingerprint density at radius 2 is 1.72 bits per heavy atom. The first-order chi connectivity index (χ1) is 11.9. The van der Waals surface area contributed by atoms with Gasteiger partial charge in [0.25, 0.3) is 5.91 Å². The van der Waals surface area contributed by atoms with E-state index in [0.717, 1.165) is 11.1 Å². The molecule has 6 heteroatoms. The van der Waals surface area contributed by atoms with Gasteiger partial charge in [0, 0.05) is 6.54 Å². The zero-order chi connectivity index (χ0) is 18.0. The summed E-state index contributed by atoms with van der Waals surface area (Å²) in [6, 6.07) is 14.9. The Morgan fingerprint density at radius 1 is 1.08 bits per heavy atom. The maximum Gasteiger partial charge on any atom is 0.326 e. The Labute approximate surface area is 146 Å². The van der Waals surface area contributed by atoms with Crippen LogP contribution in [0.4, 0.5) is 9.18 Å². The third kappa shape index (κ3) is 3.39. The van der Waals surface area contributed by atoms with Crippen molar-refractivity contribution in [1.29, 1.82) is 0 Å². The number of carbonyl (C=O) groups is 2. The molecule has 1 heterocycles. The van der Waals surface area contributed by atoms with Gasteiger partial charge in [-0.25, -0.2) is 14.1 Å². The minimum absolute atomic E-state index is 0.157. The van der Waals surface area contributed by atoms with E-state index in [4.69, 9.17) is 0 Å². The Balaban J connectivity index is 1.71. The summed E-state index contributed by atoms with van der Waals surface area (Å²) >= 11 is 0. The average Bonchev–Trinajstić information content (AvgIpc) is 2.82. The van der Waals surface area contributed by atoms with Gasteiger partial charge in [0.05, 0.1) is 6.67 Å². The third-order valence-corrected chi connectivity index (χ3v) is 4.37. The monoisotopic (exact) mass is 341 g/mol. The fourth-order valence-electron chi connectivity index (χ4n) is 2.99. The molecule has 3 rings (SSSR count). The number of hydrogen-bond donors (Lipinski definition) is 1. The van der Waals surface area contributed by atoms with Gasteiger partial charge in [0.2, 0.25) is 0 Å². The van der Waals surface area contributed by atoms with Crippen molar-refractivity contribution in [2.45, 2.75) is 19.0 Å². The Bertz CT molecular complexity index is 779. The summed E-state index contributed by atoms with van der Waals surface area (Å²) in [7, 11) is 1.81. The number of amides is 3. The van der Waals surface area contributed by atoms with E-state index in [2.05, 4.69) is 5.32 Å². The van der Waals surface area contributed by atoms with Crippen LogP contribution in [-0.4, -0.2) is 35.5 Å². The summed E-state index contributed by atoms with van der Waals surface area (Å²) in [4.78, 5) is 28.2. The molecule has 1 aliphatic heterocycles. The van der Waals surface area contributed by atoms with Crippen LogP contribution in [-0.2, 0) is 16.9 Å². The highest BCUT2D eigenvalue weighted by molar-refractivity contribution is 6.07. The lowest BCUT2D eigenvalue weighted by Crippen LogP contribution is -2.42. The van der Waals surface area contributed by atoms with E-state index in [1.807, 2.05) is 42.3 Å². The van der Waals surface area contributed by atoms with Crippen molar-refractivity contribution < 1.29 is 14.0 Å². The van der Waals surface area contributed by atoms with E-state index in [0.29, 0.717) is 6.54 Å². The van der Waals surface area contributed by atoms with Gasteiger partial charge in [-0.05, 0) is 37.2 Å². The molecule has 0 aliphatic carbocycles. The number of benzene rings is 2. The van der Waals surface area contributed by atoms with Crippen LogP contribution >= 0.6 is 0 Å². The van der Waals surface area contributed by atoms with Crippen LogP contribution in [0.25, 0.3) is 0 Å². The molecule has 1 N–H and O–H groups in total. The number of nitrogens with zero attached hydrogens (tertiary/aromatic N) is 2. The highest BCUT2D eigenvalue weighted by atomic mass is 19.1. The lowest BCUT2D eigenvalue weighted by atomic mass is 9.92. The first-order valence-electron chi connectivity index (χ1n) is 8.03. The van der Waals surface area contributed by atoms with Crippen LogP contribution in [0.1, 0.15) is 18.1 Å². The topological polar surface area (TPSA) is 52.6 Å². The minimum atomic E-state index is -1.06. The lowest BCUT2D eigenvalue weighted by molar-refractivity contribution is -0.132. The quantitative estimate of drug-likeness (QED) is 0.851. The molecule has 3 amide bonds. The van der Waals surface area contributed by atoms with Crippen LogP contribution in [0.5, 0.6) is 0 Å². The van der Waals surface area contributed by atoms with Gasteiger partial charge in [0.15, 0.2) is 0 Å². The third-order valence-electron chi connectivity index (χ3n) is 4.37. The minimum Gasteiger partial charge on any atom is -0.319 e.